The van der Waals surface area contributed by atoms with Gasteiger partial charge in [0.25, 0.3) is 0 Å². The van der Waals surface area contributed by atoms with E-state index in [0.717, 1.165) is 30.0 Å². The van der Waals surface area contributed by atoms with Crippen LogP contribution >= 0.6 is 11.6 Å². The van der Waals surface area contributed by atoms with Crippen LogP contribution < -0.4 is 14.8 Å². The molecule has 0 aliphatic carbocycles. The van der Waals surface area contributed by atoms with Crippen molar-refractivity contribution < 1.29 is 14.3 Å². The van der Waals surface area contributed by atoms with E-state index in [-0.39, 0.29) is 5.91 Å². The molecule has 0 atom stereocenters. The van der Waals surface area contributed by atoms with E-state index >= 15 is 0 Å². The van der Waals surface area contributed by atoms with Crippen molar-refractivity contribution in [3.8, 4) is 11.5 Å². The van der Waals surface area contributed by atoms with Crippen molar-refractivity contribution in [3.63, 3.8) is 0 Å². The number of methoxy groups -OCH3 is 2. The third-order valence-electron chi connectivity index (χ3n) is 4.63. The van der Waals surface area contributed by atoms with E-state index in [4.69, 9.17) is 21.1 Å². The molecule has 0 aromatic heterocycles. The van der Waals surface area contributed by atoms with Crippen molar-refractivity contribution in [1.82, 2.24) is 4.90 Å². The summed E-state index contributed by atoms with van der Waals surface area (Å²) in [6.45, 7) is 3.81. The molecule has 26 heavy (non-hydrogen) atoms. The Kier molecular flexibility index (Phi) is 5.69. The first kappa shape index (κ1) is 18.5. The van der Waals surface area contributed by atoms with Crippen LogP contribution in [0.4, 0.5) is 5.69 Å². The van der Waals surface area contributed by atoms with Gasteiger partial charge in [0, 0.05) is 23.8 Å². The molecule has 2 aromatic carbocycles. The normalized spacial score (nSPS) is 13.8. The number of rotatable bonds is 5. The molecular weight excluding hydrogens is 352 g/mol. The van der Waals surface area contributed by atoms with E-state index in [1.54, 1.807) is 20.3 Å². The molecule has 6 heteroatoms. The topological polar surface area (TPSA) is 50.8 Å². The molecule has 2 aromatic rings. The Labute approximate surface area is 158 Å². The molecule has 1 N–H and O–H groups in total. The SMILES string of the molecule is COc1cc2c(cc1OC)CN(CC(=O)Nc1ccc(Cl)cc1C)CC2. The number of carbonyl (C=O) groups is 1. The third kappa shape index (κ3) is 4.11. The fourth-order valence-electron chi connectivity index (χ4n) is 3.24. The lowest BCUT2D eigenvalue weighted by Crippen LogP contribution is -2.37. The van der Waals surface area contributed by atoms with Gasteiger partial charge in [-0.1, -0.05) is 11.6 Å². The molecule has 1 heterocycles. The van der Waals surface area contributed by atoms with E-state index in [1.807, 2.05) is 31.2 Å². The van der Waals surface area contributed by atoms with Crippen molar-refractivity contribution in [2.45, 2.75) is 19.9 Å². The van der Waals surface area contributed by atoms with Crippen LogP contribution in [0.25, 0.3) is 0 Å². The lowest BCUT2D eigenvalue weighted by atomic mass is 9.99. The second-order valence-electron chi connectivity index (χ2n) is 6.44. The number of nitrogens with zero attached hydrogens (tertiary/aromatic N) is 1. The average molecular weight is 375 g/mol. The van der Waals surface area contributed by atoms with Crippen LogP contribution in [0.15, 0.2) is 30.3 Å². The van der Waals surface area contributed by atoms with Crippen LogP contribution in [0, 0.1) is 6.92 Å². The fraction of sp³-hybridized carbons (Fsp3) is 0.350. The van der Waals surface area contributed by atoms with Crippen LogP contribution in [0.3, 0.4) is 0 Å². The smallest absolute Gasteiger partial charge is 0.238 e. The van der Waals surface area contributed by atoms with Crippen molar-refractivity contribution in [1.29, 1.82) is 0 Å². The van der Waals surface area contributed by atoms with E-state index in [1.165, 1.54) is 11.1 Å². The number of aryl methyl sites for hydroxylation is 1. The number of nitrogens with one attached hydrogen (secondary N) is 1. The van der Waals surface area contributed by atoms with Crippen molar-refractivity contribution in [2.24, 2.45) is 0 Å². The van der Waals surface area contributed by atoms with Gasteiger partial charge in [-0.3, -0.25) is 9.69 Å². The second kappa shape index (κ2) is 7.98. The first-order valence-electron chi connectivity index (χ1n) is 8.52. The van der Waals surface area contributed by atoms with Crippen LogP contribution in [-0.2, 0) is 17.8 Å². The Hall–Kier alpha value is -2.24. The van der Waals surface area contributed by atoms with E-state index < -0.39 is 0 Å². The zero-order valence-electron chi connectivity index (χ0n) is 15.3. The van der Waals surface area contributed by atoms with Gasteiger partial charge in [-0.2, -0.15) is 0 Å². The van der Waals surface area contributed by atoms with Crippen LogP contribution in [-0.4, -0.2) is 38.1 Å². The average Bonchev–Trinajstić information content (AvgIpc) is 2.62. The molecule has 138 valence electrons. The molecule has 0 radical (unpaired) electrons. The summed E-state index contributed by atoms with van der Waals surface area (Å²) in [7, 11) is 3.27. The van der Waals surface area contributed by atoms with E-state index in [9.17, 15) is 4.79 Å². The van der Waals surface area contributed by atoms with Crippen LogP contribution in [0.5, 0.6) is 11.5 Å². The predicted molar refractivity (Wildman–Crippen MR) is 103 cm³/mol. The highest BCUT2D eigenvalue weighted by atomic mass is 35.5. The third-order valence-corrected chi connectivity index (χ3v) is 4.86. The number of hydrogen-bond acceptors (Lipinski definition) is 4. The maximum atomic E-state index is 12.4. The summed E-state index contributed by atoms with van der Waals surface area (Å²) in [5.41, 5.74) is 4.16. The first-order chi connectivity index (χ1) is 12.5. The fourth-order valence-corrected chi connectivity index (χ4v) is 3.46. The molecule has 0 fully saturated rings. The number of ether oxygens (including phenoxy) is 2. The lowest BCUT2D eigenvalue weighted by molar-refractivity contribution is -0.117. The van der Waals surface area contributed by atoms with Gasteiger partial charge in [0.15, 0.2) is 11.5 Å². The minimum atomic E-state index is -0.0284. The number of hydrogen-bond donors (Lipinski definition) is 1. The molecule has 0 bridgehead atoms. The summed E-state index contributed by atoms with van der Waals surface area (Å²) < 4.78 is 10.8. The summed E-state index contributed by atoms with van der Waals surface area (Å²) in [5, 5.41) is 3.63. The van der Waals surface area contributed by atoms with Crippen LogP contribution in [0.1, 0.15) is 16.7 Å². The van der Waals surface area contributed by atoms with Gasteiger partial charge in [0.1, 0.15) is 0 Å². The first-order valence-corrected chi connectivity index (χ1v) is 8.90. The minimum absolute atomic E-state index is 0.0284. The predicted octanol–water partition coefficient (Wildman–Crippen LogP) is 3.66. The Bertz CT molecular complexity index is 823. The number of carbonyl (C=O) groups excluding carboxylic acids is 1. The molecule has 1 aliphatic rings. The number of anilines is 1. The molecule has 0 spiro atoms. The zero-order chi connectivity index (χ0) is 18.7. The van der Waals surface area contributed by atoms with Crippen LogP contribution in [0.2, 0.25) is 5.02 Å². The largest absolute Gasteiger partial charge is 0.493 e. The maximum absolute atomic E-state index is 12.4. The Morgan fingerprint density at radius 1 is 1.15 bits per heavy atom. The second-order valence-corrected chi connectivity index (χ2v) is 6.88. The maximum Gasteiger partial charge on any atom is 0.238 e. The highest BCUT2D eigenvalue weighted by molar-refractivity contribution is 6.30. The summed E-state index contributed by atoms with van der Waals surface area (Å²) >= 11 is 5.96. The molecule has 5 nitrogen and oxygen atoms in total. The van der Waals surface area contributed by atoms with E-state index in [0.29, 0.717) is 23.9 Å². The van der Waals surface area contributed by atoms with Crippen molar-refractivity contribution in [3.05, 3.63) is 52.0 Å². The molecule has 0 saturated heterocycles. The zero-order valence-corrected chi connectivity index (χ0v) is 16.0. The van der Waals surface area contributed by atoms with Crippen molar-refractivity contribution in [2.75, 3.05) is 32.6 Å². The highest BCUT2D eigenvalue weighted by Gasteiger charge is 2.21. The molecule has 1 amide bonds. The standard InChI is InChI=1S/C20H23ClN2O3/c1-13-8-16(21)4-5-17(13)22-20(24)12-23-7-6-14-9-18(25-2)19(26-3)10-15(14)11-23/h4-5,8-10H,6-7,11-12H2,1-3H3,(H,22,24). The molecular formula is C20H23ClN2O3. The molecule has 0 saturated carbocycles. The molecule has 3 rings (SSSR count). The number of fused-ring (bicyclic) bond motifs is 1. The Morgan fingerprint density at radius 2 is 1.85 bits per heavy atom. The Balaban J connectivity index is 1.66. The monoisotopic (exact) mass is 374 g/mol. The lowest BCUT2D eigenvalue weighted by Gasteiger charge is -2.29. The van der Waals surface area contributed by atoms with Crippen molar-refractivity contribution >= 4 is 23.2 Å². The van der Waals surface area contributed by atoms with Gasteiger partial charge in [-0.05, 0) is 60.4 Å². The number of benzene rings is 2. The quantitative estimate of drug-likeness (QED) is 0.867. The molecule has 0 unspecified atom stereocenters. The molecule has 1 aliphatic heterocycles. The summed E-state index contributed by atoms with van der Waals surface area (Å²) in [4.78, 5) is 14.6. The minimum Gasteiger partial charge on any atom is -0.493 e. The van der Waals surface area contributed by atoms with Gasteiger partial charge in [-0.25, -0.2) is 0 Å². The number of amides is 1. The number of halogens is 1. The van der Waals surface area contributed by atoms with Gasteiger partial charge in [0.2, 0.25) is 5.91 Å². The summed E-state index contributed by atoms with van der Waals surface area (Å²) in [6, 6.07) is 9.48. The van der Waals surface area contributed by atoms with Gasteiger partial charge in [0.05, 0.1) is 20.8 Å². The van der Waals surface area contributed by atoms with Gasteiger partial charge in [-0.15, -0.1) is 0 Å². The van der Waals surface area contributed by atoms with Gasteiger partial charge < -0.3 is 14.8 Å². The van der Waals surface area contributed by atoms with E-state index in [2.05, 4.69) is 10.2 Å². The summed E-state index contributed by atoms with van der Waals surface area (Å²) in [6.07, 6.45) is 0.878. The Morgan fingerprint density at radius 3 is 2.50 bits per heavy atom. The highest BCUT2D eigenvalue weighted by Crippen LogP contribution is 2.33. The van der Waals surface area contributed by atoms with Gasteiger partial charge >= 0.3 is 0 Å². The summed E-state index contributed by atoms with van der Waals surface area (Å²) in [5.74, 6) is 1.43.